The first-order valence-corrected chi connectivity index (χ1v) is 11.3. The molecule has 1 fully saturated rings. The van der Waals surface area contributed by atoms with E-state index in [0.717, 1.165) is 59.6 Å². The van der Waals surface area contributed by atoms with Gasteiger partial charge in [0.2, 0.25) is 0 Å². The van der Waals surface area contributed by atoms with Gasteiger partial charge in [0.15, 0.2) is 17.3 Å². The van der Waals surface area contributed by atoms with Crippen molar-refractivity contribution >= 4 is 11.7 Å². The van der Waals surface area contributed by atoms with Crippen molar-refractivity contribution < 1.29 is 19.1 Å². The lowest BCUT2D eigenvalue weighted by atomic mass is 9.75. The normalized spacial score (nSPS) is 22.2. The maximum Gasteiger partial charge on any atom is 0.271 e. The number of nitrogens with zero attached hydrogens (tertiary/aromatic N) is 1. The molecule has 1 unspecified atom stereocenters. The van der Waals surface area contributed by atoms with E-state index in [1.165, 1.54) is 0 Å². The van der Waals surface area contributed by atoms with Crippen molar-refractivity contribution in [3.63, 3.8) is 0 Å². The number of nitrogens with one attached hydrogen (secondary N) is 1. The summed E-state index contributed by atoms with van der Waals surface area (Å²) in [5, 5.41) is 0. The molecule has 1 aliphatic carbocycles. The molecule has 0 spiro atoms. The monoisotopic (exact) mass is 422 g/mol. The van der Waals surface area contributed by atoms with Crippen molar-refractivity contribution in [2.75, 3.05) is 19.8 Å². The number of hydrogen-bond donors (Lipinski definition) is 1. The third kappa shape index (κ3) is 3.52. The van der Waals surface area contributed by atoms with Gasteiger partial charge in [-0.05, 0) is 54.9 Å². The third-order valence-electron chi connectivity index (χ3n) is 6.78. The van der Waals surface area contributed by atoms with Gasteiger partial charge in [-0.25, -0.2) is 0 Å². The molecule has 1 amide bonds. The summed E-state index contributed by atoms with van der Waals surface area (Å²) in [4.78, 5) is 31.6. The van der Waals surface area contributed by atoms with Gasteiger partial charge >= 0.3 is 0 Å². The number of Topliss-reactive ketones (excluding diaryl/α,β-unsaturated/α-hetero) is 1. The van der Waals surface area contributed by atoms with Crippen LogP contribution in [0.25, 0.3) is 0 Å². The first-order chi connectivity index (χ1) is 14.8. The van der Waals surface area contributed by atoms with E-state index >= 15 is 0 Å². The molecule has 2 aromatic rings. The lowest BCUT2D eigenvalue weighted by molar-refractivity contribution is 0.0729. The largest absolute Gasteiger partial charge is 0.490 e. The highest BCUT2D eigenvalue weighted by Gasteiger charge is 2.38. The summed E-state index contributed by atoms with van der Waals surface area (Å²) in [6.45, 7) is 8.12. The van der Waals surface area contributed by atoms with Crippen LogP contribution >= 0.6 is 0 Å². The summed E-state index contributed by atoms with van der Waals surface area (Å²) in [5.74, 6) is 1.65. The topological polar surface area (TPSA) is 71.6 Å². The number of H-pyrrole nitrogens is 1. The molecule has 0 radical (unpaired) electrons. The zero-order chi connectivity index (χ0) is 21.8. The van der Waals surface area contributed by atoms with Gasteiger partial charge in [-0.3, -0.25) is 9.59 Å². The lowest BCUT2D eigenvalue weighted by Crippen LogP contribution is -2.31. The van der Waals surface area contributed by atoms with Crippen molar-refractivity contribution in [2.45, 2.75) is 58.9 Å². The maximum absolute atomic E-state index is 13.6. The summed E-state index contributed by atoms with van der Waals surface area (Å²) in [6, 6.07) is 6.02. The Morgan fingerprint density at radius 3 is 2.71 bits per heavy atom. The Morgan fingerprint density at radius 1 is 1.13 bits per heavy atom. The van der Waals surface area contributed by atoms with Gasteiger partial charge < -0.3 is 19.4 Å². The molecule has 0 saturated carbocycles. The molecule has 164 valence electrons. The van der Waals surface area contributed by atoms with E-state index in [2.05, 4.69) is 18.8 Å². The number of rotatable bonds is 2. The number of ketones is 1. The number of likely N-dealkylation sites (tertiary alicyclic amines) is 1. The van der Waals surface area contributed by atoms with Crippen LogP contribution in [-0.2, 0) is 6.42 Å². The molecule has 3 heterocycles. The molecule has 3 aliphatic rings. The number of aromatic nitrogens is 1. The predicted octanol–water partition coefficient (Wildman–Crippen LogP) is 4.62. The highest BCUT2D eigenvalue weighted by molar-refractivity contribution is 6.04. The number of ether oxygens (including phenoxy) is 2. The van der Waals surface area contributed by atoms with Gasteiger partial charge in [0.25, 0.3) is 5.91 Å². The number of carbonyl (C=O) groups is 2. The zero-order valence-corrected chi connectivity index (χ0v) is 18.5. The highest BCUT2D eigenvalue weighted by atomic mass is 16.5. The van der Waals surface area contributed by atoms with Gasteiger partial charge in [-0.15, -0.1) is 0 Å². The molecule has 31 heavy (non-hydrogen) atoms. The average molecular weight is 423 g/mol. The summed E-state index contributed by atoms with van der Waals surface area (Å²) < 4.78 is 11.6. The van der Waals surface area contributed by atoms with Crippen molar-refractivity contribution in [3.05, 3.63) is 46.3 Å². The molecular weight excluding hydrogens is 392 g/mol. The van der Waals surface area contributed by atoms with Gasteiger partial charge in [-0.1, -0.05) is 19.9 Å². The molecule has 1 atom stereocenters. The van der Waals surface area contributed by atoms with E-state index < -0.39 is 0 Å². The predicted molar refractivity (Wildman–Crippen MR) is 117 cm³/mol. The molecule has 6 nitrogen and oxygen atoms in total. The van der Waals surface area contributed by atoms with Gasteiger partial charge in [0, 0.05) is 30.6 Å². The Kier molecular flexibility index (Phi) is 4.83. The third-order valence-corrected chi connectivity index (χ3v) is 6.78. The van der Waals surface area contributed by atoms with Gasteiger partial charge in [0.05, 0.1) is 19.3 Å². The van der Waals surface area contributed by atoms with Crippen LogP contribution in [0.3, 0.4) is 0 Å². The second kappa shape index (κ2) is 7.43. The van der Waals surface area contributed by atoms with E-state index in [0.29, 0.717) is 31.9 Å². The van der Waals surface area contributed by atoms with Crippen LogP contribution in [0.5, 0.6) is 11.5 Å². The number of amides is 1. The Morgan fingerprint density at radius 2 is 1.90 bits per heavy atom. The van der Waals surface area contributed by atoms with Gasteiger partial charge in [0.1, 0.15) is 5.69 Å². The van der Waals surface area contributed by atoms with E-state index in [1.54, 1.807) is 0 Å². The van der Waals surface area contributed by atoms with E-state index in [-0.39, 0.29) is 23.1 Å². The fourth-order valence-electron chi connectivity index (χ4n) is 5.33. The quantitative estimate of drug-likeness (QED) is 0.767. The standard InChI is InChI=1S/C25H30N2O4/c1-15-22-17(13-25(2,3)14-19(22)28)26-23(15)24(29)27-9-4-6-18(27)16-7-8-20-21(12-16)31-11-5-10-30-20/h7-8,12,18,26H,4-6,9-11,13-14H2,1-3H3. The van der Waals surface area contributed by atoms with Crippen LogP contribution in [-0.4, -0.2) is 41.3 Å². The molecule has 1 aromatic carbocycles. The SMILES string of the molecule is Cc1c(C(=O)N2CCCC2c2ccc3c(c2)OCCCO3)[nH]c2c1C(=O)CC(C)(C)C2. The molecule has 0 bridgehead atoms. The van der Waals surface area contributed by atoms with E-state index in [9.17, 15) is 9.59 Å². The minimum Gasteiger partial charge on any atom is -0.490 e. The second-order valence-corrected chi connectivity index (χ2v) is 9.83. The van der Waals surface area contributed by atoms with Crippen LogP contribution in [0.2, 0.25) is 0 Å². The smallest absolute Gasteiger partial charge is 0.271 e. The highest BCUT2D eigenvalue weighted by Crippen LogP contribution is 2.40. The summed E-state index contributed by atoms with van der Waals surface area (Å²) in [7, 11) is 0. The zero-order valence-electron chi connectivity index (χ0n) is 18.5. The number of benzene rings is 1. The Balaban J connectivity index is 1.45. The lowest BCUT2D eigenvalue weighted by Gasteiger charge is -2.28. The summed E-state index contributed by atoms with van der Waals surface area (Å²) >= 11 is 0. The molecule has 2 aliphatic heterocycles. The molecular formula is C25H30N2O4. The van der Waals surface area contributed by atoms with Crippen LogP contribution in [0, 0.1) is 12.3 Å². The minimum atomic E-state index is -0.0816. The Hall–Kier alpha value is -2.76. The fraction of sp³-hybridized carbons (Fsp3) is 0.520. The number of aromatic amines is 1. The molecule has 1 aromatic heterocycles. The number of fused-ring (bicyclic) bond motifs is 2. The number of carbonyl (C=O) groups excluding carboxylic acids is 2. The minimum absolute atomic E-state index is 0.00322. The average Bonchev–Trinajstić information content (AvgIpc) is 3.24. The number of hydrogen-bond acceptors (Lipinski definition) is 4. The van der Waals surface area contributed by atoms with E-state index in [1.807, 2.05) is 30.0 Å². The van der Waals surface area contributed by atoms with Crippen LogP contribution in [0.15, 0.2) is 18.2 Å². The molecule has 1 saturated heterocycles. The fourth-order valence-corrected chi connectivity index (χ4v) is 5.33. The maximum atomic E-state index is 13.6. The Bertz CT molecular complexity index is 1050. The van der Waals surface area contributed by atoms with Crippen molar-refractivity contribution in [1.29, 1.82) is 0 Å². The Labute approximate surface area is 182 Å². The molecule has 5 rings (SSSR count). The second-order valence-electron chi connectivity index (χ2n) is 9.83. The van der Waals surface area contributed by atoms with Crippen molar-refractivity contribution in [2.24, 2.45) is 5.41 Å². The van der Waals surface area contributed by atoms with Crippen molar-refractivity contribution in [3.8, 4) is 11.5 Å². The van der Waals surface area contributed by atoms with Crippen LogP contribution < -0.4 is 9.47 Å². The summed E-state index contributed by atoms with van der Waals surface area (Å²) in [5.41, 5.74) is 3.99. The van der Waals surface area contributed by atoms with Gasteiger partial charge in [-0.2, -0.15) is 0 Å². The first kappa shape index (κ1) is 20.2. The first-order valence-electron chi connectivity index (χ1n) is 11.3. The van der Waals surface area contributed by atoms with Crippen LogP contribution in [0.4, 0.5) is 0 Å². The summed E-state index contributed by atoms with van der Waals surface area (Å²) in [6.07, 6.45) is 4.04. The van der Waals surface area contributed by atoms with Crippen LogP contribution in [0.1, 0.15) is 83.2 Å². The van der Waals surface area contributed by atoms with Crippen molar-refractivity contribution in [1.82, 2.24) is 9.88 Å². The molecule has 6 heteroatoms. The molecule has 1 N–H and O–H groups in total. The van der Waals surface area contributed by atoms with E-state index in [4.69, 9.17) is 9.47 Å².